The van der Waals surface area contributed by atoms with Gasteiger partial charge in [-0.05, 0) is 24.6 Å². The zero-order chi connectivity index (χ0) is 14.4. The number of para-hydroxylation sites is 2. The van der Waals surface area contributed by atoms with Gasteiger partial charge in [-0.1, -0.05) is 12.1 Å². The molecule has 0 amide bonds. The Morgan fingerprint density at radius 2 is 1.95 bits per heavy atom. The number of halogens is 2. The molecule has 108 valence electrons. The van der Waals surface area contributed by atoms with Crippen molar-refractivity contribution in [1.29, 1.82) is 0 Å². The first-order valence-corrected chi connectivity index (χ1v) is 6.99. The van der Waals surface area contributed by atoms with Crippen LogP contribution >= 0.6 is 0 Å². The summed E-state index contributed by atoms with van der Waals surface area (Å²) in [6.45, 7) is 0.343. The van der Waals surface area contributed by atoms with E-state index in [1.54, 1.807) is 11.0 Å². The molecule has 1 aliphatic heterocycles. The van der Waals surface area contributed by atoms with E-state index in [-0.39, 0.29) is 13.0 Å². The minimum atomic E-state index is -2.63. The van der Waals surface area contributed by atoms with Gasteiger partial charge in [-0.2, -0.15) is 4.98 Å². The lowest BCUT2D eigenvalue weighted by Crippen LogP contribution is -2.43. The van der Waals surface area contributed by atoms with Crippen molar-refractivity contribution in [3.63, 3.8) is 0 Å². The van der Waals surface area contributed by atoms with E-state index in [0.717, 1.165) is 11.0 Å². The van der Waals surface area contributed by atoms with Crippen molar-refractivity contribution >= 4 is 22.6 Å². The van der Waals surface area contributed by atoms with Gasteiger partial charge in [-0.25, -0.2) is 13.8 Å². The van der Waals surface area contributed by atoms with Gasteiger partial charge >= 0.3 is 0 Å². The van der Waals surface area contributed by atoms with Crippen molar-refractivity contribution in [2.75, 3.05) is 18.0 Å². The summed E-state index contributed by atoms with van der Waals surface area (Å²) in [5.74, 6) is -1.52. The highest BCUT2D eigenvalue weighted by molar-refractivity contribution is 5.79. The molecule has 4 nitrogen and oxygen atoms in total. The van der Waals surface area contributed by atoms with Crippen LogP contribution in [0, 0.1) is 0 Å². The Hall–Kier alpha value is -2.24. The molecule has 0 aliphatic carbocycles. The maximum Gasteiger partial charge on any atom is 0.265 e. The molecule has 21 heavy (non-hydrogen) atoms. The fourth-order valence-electron chi connectivity index (χ4n) is 2.88. The third-order valence-electron chi connectivity index (χ3n) is 3.88. The van der Waals surface area contributed by atoms with Crippen molar-refractivity contribution in [3.8, 4) is 0 Å². The van der Waals surface area contributed by atoms with Crippen LogP contribution in [0.2, 0.25) is 0 Å². The van der Waals surface area contributed by atoms with Crippen LogP contribution in [0.4, 0.5) is 14.6 Å². The fourth-order valence-corrected chi connectivity index (χ4v) is 2.88. The van der Waals surface area contributed by atoms with Gasteiger partial charge in [0.15, 0.2) is 0 Å². The molecule has 6 heteroatoms. The average molecular weight is 288 g/mol. The van der Waals surface area contributed by atoms with Crippen molar-refractivity contribution in [1.82, 2.24) is 14.4 Å². The number of aromatic nitrogens is 3. The predicted octanol–water partition coefficient (Wildman–Crippen LogP) is 3.12. The molecular weight excluding hydrogens is 274 g/mol. The topological polar surface area (TPSA) is 33.4 Å². The summed E-state index contributed by atoms with van der Waals surface area (Å²) in [4.78, 5) is 10.5. The summed E-state index contributed by atoms with van der Waals surface area (Å²) in [7, 11) is 0. The molecule has 2 aromatic heterocycles. The summed E-state index contributed by atoms with van der Waals surface area (Å²) in [5, 5.41) is 0. The predicted molar refractivity (Wildman–Crippen MR) is 76.9 cm³/mol. The van der Waals surface area contributed by atoms with Crippen LogP contribution < -0.4 is 4.90 Å². The molecule has 4 rings (SSSR count). The average Bonchev–Trinajstić information content (AvgIpc) is 2.83. The molecule has 3 heterocycles. The summed E-state index contributed by atoms with van der Waals surface area (Å²) < 4.78 is 28.9. The molecular formula is C15H14F2N4. The van der Waals surface area contributed by atoms with E-state index in [2.05, 4.69) is 9.97 Å². The SMILES string of the molecule is FC1(F)CCCN(c2ccn3c(n2)nc2ccccc23)C1. The molecule has 3 aromatic rings. The fraction of sp³-hybridized carbons (Fsp3) is 0.333. The van der Waals surface area contributed by atoms with E-state index < -0.39 is 5.92 Å². The number of hydrogen-bond acceptors (Lipinski definition) is 3. The smallest absolute Gasteiger partial charge is 0.265 e. The lowest BCUT2D eigenvalue weighted by molar-refractivity contribution is -0.0118. The number of hydrogen-bond donors (Lipinski definition) is 0. The summed E-state index contributed by atoms with van der Waals surface area (Å²) in [5.41, 5.74) is 1.82. The largest absolute Gasteiger partial charge is 0.350 e. The highest BCUT2D eigenvalue weighted by atomic mass is 19.3. The summed E-state index contributed by atoms with van der Waals surface area (Å²) in [6, 6.07) is 9.52. The number of fused-ring (bicyclic) bond motifs is 3. The number of anilines is 1. The molecule has 0 N–H and O–H groups in total. The van der Waals surface area contributed by atoms with E-state index in [1.165, 1.54) is 0 Å². The molecule has 1 fully saturated rings. The first-order valence-electron chi connectivity index (χ1n) is 6.99. The number of rotatable bonds is 1. The lowest BCUT2D eigenvalue weighted by atomic mass is 10.1. The number of benzene rings is 1. The van der Waals surface area contributed by atoms with Crippen LogP contribution in [0.15, 0.2) is 36.5 Å². The van der Waals surface area contributed by atoms with Gasteiger partial charge in [0.2, 0.25) is 5.78 Å². The normalized spacial score (nSPS) is 18.5. The molecule has 0 bridgehead atoms. The van der Waals surface area contributed by atoms with E-state index >= 15 is 0 Å². The van der Waals surface area contributed by atoms with Gasteiger partial charge in [0.1, 0.15) is 5.82 Å². The Morgan fingerprint density at radius 1 is 1.10 bits per heavy atom. The quantitative estimate of drug-likeness (QED) is 0.690. The van der Waals surface area contributed by atoms with Gasteiger partial charge in [0.25, 0.3) is 5.92 Å². The van der Waals surface area contributed by atoms with Crippen molar-refractivity contribution in [3.05, 3.63) is 36.5 Å². The third-order valence-corrected chi connectivity index (χ3v) is 3.88. The van der Waals surface area contributed by atoms with Gasteiger partial charge in [0.05, 0.1) is 17.6 Å². The first-order chi connectivity index (χ1) is 10.1. The van der Waals surface area contributed by atoms with Crippen LogP contribution in [0.5, 0.6) is 0 Å². The number of alkyl halides is 2. The van der Waals surface area contributed by atoms with E-state index in [9.17, 15) is 8.78 Å². The van der Waals surface area contributed by atoms with Gasteiger partial charge < -0.3 is 4.90 Å². The number of nitrogens with zero attached hydrogens (tertiary/aromatic N) is 4. The van der Waals surface area contributed by atoms with Crippen LogP contribution in [0.25, 0.3) is 16.8 Å². The lowest BCUT2D eigenvalue weighted by Gasteiger charge is -2.33. The zero-order valence-corrected chi connectivity index (χ0v) is 11.3. The second-order valence-electron chi connectivity index (χ2n) is 5.44. The Labute approximate surface area is 120 Å². The second kappa shape index (κ2) is 4.38. The van der Waals surface area contributed by atoms with Crippen LogP contribution in [-0.4, -0.2) is 33.4 Å². The third kappa shape index (κ3) is 2.11. The highest BCUT2D eigenvalue weighted by Crippen LogP contribution is 2.29. The van der Waals surface area contributed by atoms with Crippen molar-refractivity contribution in [2.45, 2.75) is 18.8 Å². The number of piperidine rings is 1. The van der Waals surface area contributed by atoms with E-state index in [0.29, 0.717) is 24.6 Å². The van der Waals surface area contributed by atoms with Crippen molar-refractivity contribution in [2.24, 2.45) is 0 Å². The maximum absolute atomic E-state index is 13.5. The van der Waals surface area contributed by atoms with Gasteiger partial charge in [0, 0.05) is 19.2 Å². The standard InChI is InChI=1S/C15H14F2N4/c16-15(17)7-3-8-20(10-15)13-6-9-21-12-5-2-1-4-11(12)18-14(21)19-13/h1-2,4-6,9H,3,7-8,10H2. The molecule has 0 atom stereocenters. The van der Waals surface area contributed by atoms with Gasteiger partial charge in [-0.15, -0.1) is 0 Å². The van der Waals surface area contributed by atoms with Crippen LogP contribution in [0.1, 0.15) is 12.8 Å². The summed E-state index contributed by atoms with van der Waals surface area (Å²) in [6.07, 6.45) is 2.29. The van der Waals surface area contributed by atoms with Gasteiger partial charge in [-0.3, -0.25) is 4.40 Å². The Balaban J connectivity index is 1.78. The molecule has 0 unspecified atom stereocenters. The number of imidazole rings is 1. The molecule has 0 saturated carbocycles. The van der Waals surface area contributed by atoms with E-state index in [4.69, 9.17) is 0 Å². The first kappa shape index (κ1) is 12.5. The van der Waals surface area contributed by atoms with Crippen LogP contribution in [-0.2, 0) is 0 Å². The molecule has 1 saturated heterocycles. The monoisotopic (exact) mass is 288 g/mol. The minimum absolute atomic E-state index is 0.0427. The molecule has 0 spiro atoms. The molecule has 1 aliphatic rings. The van der Waals surface area contributed by atoms with E-state index in [1.807, 2.05) is 34.9 Å². The Bertz CT molecular complexity index is 812. The molecule has 0 radical (unpaired) electrons. The van der Waals surface area contributed by atoms with Crippen LogP contribution in [0.3, 0.4) is 0 Å². The zero-order valence-electron chi connectivity index (χ0n) is 11.3. The molecule has 1 aromatic carbocycles. The maximum atomic E-state index is 13.5. The Morgan fingerprint density at radius 3 is 2.81 bits per heavy atom. The summed E-state index contributed by atoms with van der Waals surface area (Å²) >= 11 is 0. The highest BCUT2D eigenvalue weighted by Gasteiger charge is 2.35. The second-order valence-corrected chi connectivity index (χ2v) is 5.44. The van der Waals surface area contributed by atoms with Crippen molar-refractivity contribution < 1.29 is 8.78 Å². The Kier molecular flexibility index (Phi) is 2.60. The minimum Gasteiger partial charge on any atom is -0.350 e.